The number of methoxy groups -OCH3 is 1. The maximum atomic E-state index is 14.3. The largest absolute Gasteiger partial charge is 0.496 e. The van der Waals surface area contributed by atoms with Gasteiger partial charge in [0.1, 0.15) is 11.6 Å². The zero-order chi connectivity index (χ0) is 14.5. The highest BCUT2D eigenvalue weighted by Gasteiger charge is 2.11. The maximum absolute atomic E-state index is 14.3. The predicted molar refractivity (Wildman–Crippen MR) is 80.5 cm³/mol. The lowest BCUT2D eigenvalue weighted by Gasteiger charge is -2.12. The Morgan fingerprint density at radius 3 is 2.55 bits per heavy atom. The molecule has 1 N–H and O–H groups in total. The first kappa shape index (κ1) is 14.5. The molecule has 0 bridgehead atoms. The first-order valence-electron chi connectivity index (χ1n) is 6.80. The lowest BCUT2D eigenvalue weighted by atomic mass is 10.00. The van der Waals surface area contributed by atoms with Gasteiger partial charge >= 0.3 is 0 Å². The van der Waals surface area contributed by atoms with Crippen molar-refractivity contribution in [2.45, 2.75) is 20.4 Å². The van der Waals surface area contributed by atoms with Crippen molar-refractivity contribution in [3.05, 3.63) is 53.3 Å². The highest BCUT2D eigenvalue weighted by molar-refractivity contribution is 5.72. The average molecular weight is 273 g/mol. The van der Waals surface area contributed by atoms with Gasteiger partial charge in [0.25, 0.3) is 0 Å². The molecule has 0 aliphatic carbocycles. The molecule has 0 spiro atoms. The van der Waals surface area contributed by atoms with Gasteiger partial charge in [-0.05, 0) is 37.2 Å². The summed E-state index contributed by atoms with van der Waals surface area (Å²) in [6.45, 7) is 5.57. The molecule has 106 valence electrons. The van der Waals surface area contributed by atoms with Crippen LogP contribution in [0.15, 0.2) is 36.4 Å². The molecule has 3 heteroatoms. The molecule has 2 aromatic carbocycles. The number of ether oxygens (including phenoxy) is 1. The topological polar surface area (TPSA) is 21.3 Å². The van der Waals surface area contributed by atoms with Crippen LogP contribution in [0.3, 0.4) is 0 Å². The highest BCUT2D eigenvalue weighted by atomic mass is 19.1. The average Bonchev–Trinajstić information content (AvgIpc) is 2.45. The molecular weight excluding hydrogens is 253 g/mol. The zero-order valence-corrected chi connectivity index (χ0v) is 12.2. The van der Waals surface area contributed by atoms with Crippen LogP contribution in [0.25, 0.3) is 11.1 Å². The molecule has 2 aromatic rings. The van der Waals surface area contributed by atoms with Gasteiger partial charge in [-0.3, -0.25) is 0 Å². The fraction of sp³-hybridized carbons (Fsp3) is 0.294. The zero-order valence-electron chi connectivity index (χ0n) is 12.2. The van der Waals surface area contributed by atoms with Crippen molar-refractivity contribution >= 4 is 0 Å². The Balaban J connectivity index is 2.40. The lowest BCUT2D eigenvalue weighted by Crippen LogP contribution is -2.11. The van der Waals surface area contributed by atoms with E-state index in [1.165, 1.54) is 0 Å². The molecule has 0 heterocycles. The molecule has 0 unspecified atom stereocenters. The first-order chi connectivity index (χ1) is 9.65. The van der Waals surface area contributed by atoms with Crippen LogP contribution in [0.4, 0.5) is 4.39 Å². The van der Waals surface area contributed by atoms with Gasteiger partial charge in [0.2, 0.25) is 0 Å². The molecular formula is C17H20FNO. The number of benzene rings is 2. The second kappa shape index (κ2) is 6.53. The van der Waals surface area contributed by atoms with E-state index in [-0.39, 0.29) is 5.82 Å². The lowest BCUT2D eigenvalue weighted by molar-refractivity contribution is 0.416. The Labute approximate surface area is 119 Å². The van der Waals surface area contributed by atoms with E-state index in [1.54, 1.807) is 13.2 Å². The van der Waals surface area contributed by atoms with Crippen LogP contribution >= 0.6 is 0 Å². The molecule has 0 aliphatic heterocycles. The van der Waals surface area contributed by atoms with E-state index in [0.717, 1.165) is 23.2 Å². The standard InChI is InChI=1S/C17H20FNO/c1-4-19-11-13-6-7-14(16(18)10-13)15-9-12(2)5-8-17(15)20-3/h5-10,19H,4,11H2,1-3H3. The number of aryl methyl sites for hydroxylation is 1. The summed E-state index contributed by atoms with van der Waals surface area (Å²) in [5, 5.41) is 3.19. The number of rotatable bonds is 5. The fourth-order valence-electron chi connectivity index (χ4n) is 2.19. The Morgan fingerprint density at radius 2 is 1.90 bits per heavy atom. The number of hydrogen-bond donors (Lipinski definition) is 1. The molecule has 2 nitrogen and oxygen atoms in total. The Morgan fingerprint density at radius 1 is 1.10 bits per heavy atom. The van der Waals surface area contributed by atoms with Crippen LogP contribution < -0.4 is 10.1 Å². The number of hydrogen-bond acceptors (Lipinski definition) is 2. The van der Waals surface area contributed by atoms with Gasteiger partial charge < -0.3 is 10.1 Å². The normalized spacial score (nSPS) is 10.6. The molecule has 0 saturated carbocycles. The second-order valence-corrected chi connectivity index (χ2v) is 4.80. The monoisotopic (exact) mass is 273 g/mol. The summed E-state index contributed by atoms with van der Waals surface area (Å²) in [6.07, 6.45) is 0. The quantitative estimate of drug-likeness (QED) is 0.891. The van der Waals surface area contributed by atoms with Crippen LogP contribution in [-0.4, -0.2) is 13.7 Å². The van der Waals surface area contributed by atoms with Crippen LogP contribution in [0.2, 0.25) is 0 Å². The Hall–Kier alpha value is -1.87. The van der Waals surface area contributed by atoms with Gasteiger partial charge in [-0.25, -0.2) is 4.39 Å². The molecule has 0 radical (unpaired) electrons. The summed E-state index contributed by atoms with van der Waals surface area (Å²) in [7, 11) is 1.60. The van der Waals surface area contributed by atoms with Crippen molar-refractivity contribution in [2.24, 2.45) is 0 Å². The van der Waals surface area contributed by atoms with Crippen molar-refractivity contribution in [1.82, 2.24) is 5.32 Å². The third kappa shape index (κ3) is 3.17. The Kier molecular flexibility index (Phi) is 4.74. The predicted octanol–water partition coefficient (Wildman–Crippen LogP) is 3.92. The molecule has 0 amide bonds. The summed E-state index contributed by atoms with van der Waals surface area (Å²) in [5.41, 5.74) is 3.39. The van der Waals surface area contributed by atoms with Crippen molar-refractivity contribution < 1.29 is 9.13 Å². The van der Waals surface area contributed by atoms with E-state index >= 15 is 0 Å². The van der Waals surface area contributed by atoms with Gasteiger partial charge in [0, 0.05) is 17.7 Å². The summed E-state index contributed by atoms with van der Waals surface area (Å²) in [5.74, 6) is 0.471. The van der Waals surface area contributed by atoms with Gasteiger partial charge in [-0.1, -0.05) is 30.7 Å². The van der Waals surface area contributed by atoms with Crippen molar-refractivity contribution in [1.29, 1.82) is 0 Å². The Bertz CT molecular complexity index is 596. The SMILES string of the molecule is CCNCc1ccc(-c2cc(C)ccc2OC)c(F)c1. The van der Waals surface area contributed by atoms with E-state index in [2.05, 4.69) is 5.32 Å². The van der Waals surface area contributed by atoms with Gasteiger partial charge in [-0.2, -0.15) is 0 Å². The first-order valence-corrected chi connectivity index (χ1v) is 6.80. The third-order valence-electron chi connectivity index (χ3n) is 3.26. The van der Waals surface area contributed by atoms with Crippen LogP contribution in [0, 0.1) is 12.7 Å². The summed E-state index contributed by atoms with van der Waals surface area (Å²) in [6, 6.07) is 11.1. The van der Waals surface area contributed by atoms with Crippen LogP contribution in [-0.2, 0) is 6.54 Å². The smallest absolute Gasteiger partial charge is 0.131 e. The van der Waals surface area contributed by atoms with Gasteiger partial charge in [0.05, 0.1) is 7.11 Å². The summed E-state index contributed by atoms with van der Waals surface area (Å²) < 4.78 is 19.7. The van der Waals surface area contributed by atoms with E-state index in [9.17, 15) is 4.39 Å². The maximum Gasteiger partial charge on any atom is 0.131 e. The van der Waals surface area contributed by atoms with E-state index in [1.807, 2.05) is 44.2 Å². The second-order valence-electron chi connectivity index (χ2n) is 4.80. The number of halogens is 1. The minimum Gasteiger partial charge on any atom is -0.496 e. The van der Waals surface area contributed by atoms with Crippen LogP contribution in [0.1, 0.15) is 18.1 Å². The molecule has 2 rings (SSSR count). The summed E-state index contributed by atoms with van der Waals surface area (Å²) >= 11 is 0. The number of nitrogens with one attached hydrogen (secondary N) is 1. The summed E-state index contributed by atoms with van der Waals surface area (Å²) in [4.78, 5) is 0. The molecule has 0 fully saturated rings. The van der Waals surface area contributed by atoms with Crippen molar-refractivity contribution in [3.8, 4) is 16.9 Å². The van der Waals surface area contributed by atoms with Gasteiger partial charge in [0.15, 0.2) is 0 Å². The third-order valence-corrected chi connectivity index (χ3v) is 3.26. The minimum atomic E-state index is -0.218. The van der Waals surface area contributed by atoms with Crippen LogP contribution in [0.5, 0.6) is 5.75 Å². The molecule has 20 heavy (non-hydrogen) atoms. The van der Waals surface area contributed by atoms with E-state index in [0.29, 0.717) is 17.9 Å². The molecule has 0 aromatic heterocycles. The fourth-order valence-corrected chi connectivity index (χ4v) is 2.19. The van der Waals surface area contributed by atoms with E-state index < -0.39 is 0 Å². The van der Waals surface area contributed by atoms with Crippen molar-refractivity contribution in [3.63, 3.8) is 0 Å². The van der Waals surface area contributed by atoms with Gasteiger partial charge in [-0.15, -0.1) is 0 Å². The molecule has 0 aliphatic rings. The van der Waals surface area contributed by atoms with Crippen molar-refractivity contribution in [2.75, 3.05) is 13.7 Å². The highest BCUT2D eigenvalue weighted by Crippen LogP contribution is 2.32. The molecule has 0 atom stereocenters. The molecule has 0 saturated heterocycles. The minimum absolute atomic E-state index is 0.218. The van der Waals surface area contributed by atoms with E-state index in [4.69, 9.17) is 4.74 Å².